The fraction of sp³-hybridized carbons (Fsp3) is 0.0870. The van der Waals surface area contributed by atoms with Crippen LogP contribution in [0.4, 0.5) is 5.69 Å². The molecule has 0 spiro atoms. The number of nitrogens with one attached hydrogen (secondary N) is 1. The summed E-state index contributed by atoms with van der Waals surface area (Å²) >= 11 is 9.89. The molecule has 12 heteroatoms. The number of ether oxygens (including phenoxy) is 2. The van der Waals surface area contributed by atoms with Gasteiger partial charge in [0.15, 0.2) is 11.5 Å². The zero-order valence-electron chi connectivity index (χ0n) is 18.0. The third-order valence-corrected chi connectivity index (χ3v) is 6.45. The fourth-order valence-corrected chi connectivity index (χ4v) is 3.89. The van der Waals surface area contributed by atoms with Crippen LogP contribution in [0.2, 0.25) is 5.02 Å². The number of nitrogens with zero attached hydrogens (tertiary/aromatic N) is 3. The van der Waals surface area contributed by atoms with Gasteiger partial charge in [-0.1, -0.05) is 23.7 Å². The second kappa shape index (κ2) is 10.1. The van der Waals surface area contributed by atoms with E-state index in [4.69, 9.17) is 21.1 Å². The van der Waals surface area contributed by atoms with Crippen molar-refractivity contribution in [3.05, 3.63) is 106 Å². The van der Waals surface area contributed by atoms with Gasteiger partial charge in [0.1, 0.15) is 11.6 Å². The number of aromatic nitrogens is 2. The van der Waals surface area contributed by atoms with Crippen molar-refractivity contribution in [1.29, 1.82) is 0 Å². The first-order valence-electron chi connectivity index (χ1n) is 10.0. The number of H-pyrrole nitrogens is 1. The van der Waals surface area contributed by atoms with Crippen LogP contribution in [0.5, 0.6) is 11.5 Å². The van der Waals surface area contributed by atoms with E-state index in [9.17, 15) is 19.7 Å². The number of rotatable bonds is 7. The quantitative estimate of drug-likeness (QED) is 0.202. The lowest BCUT2D eigenvalue weighted by atomic mass is 10.2. The monoisotopic (exact) mass is 558 g/mol. The average Bonchev–Trinajstić information content (AvgIpc) is 2.85. The van der Waals surface area contributed by atoms with Gasteiger partial charge < -0.3 is 14.5 Å². The van der Waals surface area contributed by atoms with E-state index in [2.05, 4.69) is 26.0 Å². The molecule has 1 heterocycles. The molecule has 0 saturated carbocycles. The number of para-hydroxylation sites is 1. The number of non-ortho nitro benzene ring substituents is 1. The molecular weight excluding hydrogens is 544 g/mol. The molecule has 4 aromatic rings. The number of fused-ring (bicyclic) bond motifs is 1. The van der Waals surface area contributed by atoms with Crippen LogP contribution >= 0.6 is 27.5 Å². The minimum atomic E-state index is -0.692. The molecule has 1 aromatic heterocycles. The Labute approximate surface area is 210 Å². The molecule has 3 aromatic carbocycles. The zero-order chi connectivity index (χ0) is 25.1. The summed E-state index contributed by atoms with van der Waals surface area (Å²) in [6, 6.07) is 14.1. The number of benzene rings is 3. The lowest BCUT2D eigenvalue weighted by Gasteiger charge is -2.15. The zero-order valence-corrected chi connectivity index (χ0v) is 20.4. The van der Waals surface area contributed by atoms with Crippen molar-refractivity contribution in [3.63, 3.8) is 0 Å². The predicted octanol–water partition coefficient (Wildman–Crippen LogP) is 4.48. The van der Waals surface area contributed by atoms with Gasteiger partial charge in [0.2, 0.25) is 0 Å². The Morgan fingerprint density at radius 3 is 2.60 bits per heavy atom. The van der Waals surface area contributed by atoms with Gasteiger partial charge in [0, 0.05) is 22.2 Å². The van der Waals surface area contributed by atoms with Gasteiger partial charge in [-0.05, 0) is 51.8 Å². The van der Waals surface area contributed by atoms with Gasteiger partial charge in [-0.25, -0.2) is 4.79 Å². The van der Waals surface area contributed by atoms with Crippen LogP contribution in [0, 0.1) is 10.1 Å². The molecule has 178 valence electrons. The Kier molecular flexibility index (Phi) is 6.99. The number of hydrogen-bond donors (Lipinski definition) is 1. The molecule has 0 bridgehead atoms. The second-order valence-corrected chi connectivity index (χ2v) is 8.35. The maximum atomic E-state index is 12.7. The van der Waals surface area contributed by atoms with Crippen LogP contribution in [0.25, 0.3) is 10.9 Å². The number of hydrogen-bond acceptors (Lipinski definition) is 7. The summed E-state index contributed by atoms with van der Waals surface area (Å²) in [5, 5.41) is 15.3. The van der Waals surface area contributed by atoms with Crippen molar-refractivity contribution in [1.82, 2.24) is 9.66 Å². The van der Waals surface area contributed by atoms with E-state index in [-0.39, 0.29) is 28.8 Å². The first-order chi connectivity index (χ1) is 16.8. The summed E-state index contributed by atoms with van der Waals surface area (Å²) in [6.45, 7) is 0.0792. The van der Waals surface area contributed by atoms with Gasteiger partial charge in [-0.2, -0.15) is 5.10 Å². The van der Waals surface area contributed by atoms with Gasteiger partial charge in [0.05, 0.1) is 29.2 Å². The summed E-state index contributed by atoms with van der Waals surface area (Å²) in [4.78, 5) is 38.0. The molecule has 10 nitrogen and oxygen atoms in total. The van der Waals surface area contributed by atoms with Gasteiger partial charge in [0.25, 0.3) is 11.2 Å². The van der Waals surface area contributed by atoms with Crippen molar-refractivity contribution in [2.24, 2.45) is 5.10 Å². The smallest absolute Gasteiger partial charge is 0.349 e. The van der Waals surface area contributed by atoms with E-state index in [1.54, 1.807) is 42.5 Å². The third kappa shape index (κ3) is 4.96. The van der Waals surface area contributed by atoms with Gasteiger partial charge >= 0.3 is 5.69 Å². The molecule has 0 aliphatic heterocycles. The minimum absolute atomic E-state index is 0.0277. The van der Waals surface area contributed by atoms with Crippen LogP contribution in [-0.2, 0) is 6.61 Å². The largest absolute Gasteiger partial charge is 0.493 e. The number of methoxy groups -OCH3 is 1. The molecule has 1 N–H and O–H groups in total. The lowest BCUT2D eigenvalue weighted by molar-refractivity contribution is -0.384. The molecule has 0 saturated heterocycles. The van der Waals surface area contributed by atoms with Crippen molar-refractivity contribution in [2.75, 3.05) is 7.11 Å². The van der Waals surface area contributed by atoms with Crippen molar-refractivity contribution < 1.29 is 14.4 Å². The van der Waals surface area contributed by atoms with E-state index >= 15 is 0 Å². The predicted molar refractivity (Wildman–Crippen MR) is 135 cm³/mol. The Morgan fingerprint density at radius 2 is 1.91 bits per heavy atom. The van der Waals surface area contributed by atoms with E-state index < -0.39 is 16.2 Å². The minimum Gasteiger partial charge on any atom is -0.493 e. The summed E-state index contributed by atoms with van der Waals surface area (Å²) in [5.74, 6) is 0.513. The standard InChI is InChI=1S/C23H16BrClN4O6/c1-34-18-10-14(11-26-28-22(30)16-4-2-3-5-17(16)27-23(28)31)19(24)20(25)21(18)35-12-13-6-8-15(9-7-13)29(32)33/h2-11H,12H2,1H3,(H,27,31). The summed E-state index contributed by atoms with van der Waals surface area (Å²) in [5.41, 5.74) is 0.230. The van der Waals surface area contributed by atoms with Crippen molar-refractivity contribution >= 4 is 50.3 Å². The van der Waals surface area contributed by atoms with Crippen molar-refractivity contribution in [3.8, 4) is 11.5 Å². The number of nitro benzene ring substituents is 1. The average molecular weight is 560 g/mol. The molecule has 0 radical (unpaired) electrons. The van der Waals surface area contributed by atoms with Crippen LogP contribution in [-0.4, -0.2) is 27.9 Å². The van der Waals surface area contributed by atoms with Gasteiger partial charge in [-0.3, -0.25) is 14.9 Å². The highest BCUT2D eigenvalue weighted by Crippen LogP contribution is 2.42. The SMILES string of the molecule is COc1cc(C=Nn2c(=O)[nH]c3ccccc3c2=O)c(Br)c(Cl)c1OCc1ccc([N+](=O)[O-])cc1. The molecule has 0 amide bonds. The third-order valence-electron chi connectivity index (χ3n) is 5.00. The molecular formula is C23H16BrClN4O6. The molecule has 35 heavy (non-hydrogen) atoms. The van der Waals surface area contributed by atoms with Gasteiger partial charge in [-0.15, -0.1) is 4.68 Å². The van der Waals surface area contributed by atoms with Crippen LogP contribution in [0.3, 0.4) is 0 Å². The highest BCUT2D eigenvalue weighted by molar-refractivity contribution is 9.10. The van der Waals surface area contributed by atoms with Crippen LogP contribution in [0.1, 0.15) is 11.1 Å². The second-order valence-electron chi connectivity index (χ2n) is 7.17. The van der Waals surface area contributed by atoms with Crippen LogP contribution in [0.15, 0.2) is 73.8 Å². The topological polar surface area (TPSA) is 129 Å². The molecule has 0 atom stereocenters. The Hall–Kier alpha value is -3.96. The number of aromatic amines is 1. The maximum Gasteiger partial charge on any atom is 0.349 e. The summed E-state index contributed by atoms with van der Waals surface area (Å²) < 4.78 is 12.3. The van der Waals surface area contributed by atoms with Crippen molar-refractivity contribution in [2.45, 2.75) is 6.61 Å². The number of halogens is 2. The molecule has 0 aliphatic carbocycles. The fourth-order valence-electron chi connectivity index (χ4n) is 3.23. The molecule has 0 aliphatic rings. The lowest BCUT2D eigenvalue weighted by Crippen LogP contribution is -2.32. The maximum absolute atomic E-state index is 12.7. The Bertz CT molecular complexity index is 1580. The summed E-state index contributed by atoms with van der Waals surface area (Å²) in [7, 11) is 1.43. The Balaban J connectivity index is 1.64. The van der Waals surface area contributed by atoms with E-state index in [1.165, 1.54) is 25.5 Å². The van der Waals surface area contributed by atoms with E-state index in [0.717, 1.165) is 0 Å². The normalized spacial score (nSPS) is 11.2. The molecule has 0 fully saturated rings. The Morgan fingerprint density at radius 1 is 1.20 bits per heavy atom. The highest BCUT2D eigenvalue weighted by atomic mass is 79.9. The first-order valence-corrected chi connectivity index (χ1v) is 11.2. The molecule has 0 unspecified atom stereocenters. The first kappa shape index (κ1) is 24.2. The van der Waals surface area contributed by atoms with Crippen LogP contribution < -0.4 is 20.7 Å². The summed E-state index contributed by atoms with van der Waals surface area (Å²) in [6.07, 6.45) is 1.30. The molecule has 4 rings (SSSR count). The highest BCUT2D eigenvalue weighted by Gasteiger charge is 2.18. The van der Waals surface area contributed by atoms with E-state index in [0.29, 0.717) is 31.2 Å². The number of nitro groups is 1. The van der Waals surface area contributed by atoms with E-state index in [1.807, 2.05) is 0 Å².